The Labute approximate surface area is 161 Å². The normalized spacial score (nSPS) is 23.7. The lowest BCUT2D eigenvalue weighted by Crippen LogP contribution is -2.47. The predicted octanol–water partition coefficient (Wildman–Crippen LogP) is 2.97. The number of benzene rings is 1. The van der Waals surface area contributed by atoms with Crippen molar-refractivity contribution in [1.29, 1.82) is 0 Å². The van der Waals surface area contributed by atoms with Gasteiger partial charge in [0, 0.05) is 22.0 Å². The van der Waals surface area contributed by atoms with Crippen LogP contribution in [0.1, 0.15) is 22.3 Å². The van der Waals surface area contributed by atoms with Crippen molar-refractivity contribution in [3.8, 4) is 0 Å². The lowest BCUT2D eigenvalue weighted by atomic mass is 9.86. The number of nitrogens with zero attached hydrogens (tertiary/aromatic N) is 3. The third kappa shape index (κ3) is 2.97. The molecule has 1 aliphatic carbocycles. The summed E-state index contributed by atoms with van der Waals surface area (Å²) in [6, 6.07) is 5.21. The molecule has 1 aliphatic heterocycles. The first-order chi connectivity index (χ1) is 12.4. The van der Waals surface area contributed by atoms with Crippen molar-refractivity contribution in [2.45, 2.75) is 18.0 Å². The molecule has 1 fully saturated rings. The summed E-state index contributed by atoms with van der Waals surface area (Å²) in [7, 11) is 0. The van der Waals surface area contributed by atoms with Crippen LogP contribution in [0.5, 0.6) is 0 Å². The number of alkyl halides is 1. The first-order valence-corrected chi connectivity index (χ1v) is 9.07. The van der Waals surface area contributed by atoms with Gasteiger partial charge in [0.15, 0.2) is 0 Å². The van der Waals surface area contributed by atoms with Crippen LogP contribution in [0.25, 0.3) is 0 Å². The summed E-state index contributed by atoms with van der Waals surface area (Å²) in [6.07, 6.45) is 2.05. The van der Waals surface area contributed by atoms with Crippen LogP contribution in [-0.2, 0) is 10.2 Å². The lowest BCUT2D eigenvalue weighted by Gasteiger charge is -2.34. The van der Waals surface area contributed by atoms with Crippen LogP contribution >= 0.6 is 27.5 Å². The van der Waals surface area contributed by atoms with Gasteiger partial charge in [-0.2, -0.15) is 0 Å². The fraction of sp³-hybridized carbons (Fsp3) is 0.294. The van der Waals surface area contributed by atoms with E-state index in [1.165, 1.54) is 17.3 Å². The number of fused-ring (bicyclic) bond motifs is 2. The number of carbonyl (C=O) groups is 2. The standard InChI is InChI=1S/C17H13BrClFN4O2/c18-9-1-2-11-12(3-9)17(4-13(17)20)8-24(15(11)26)7-14(25)23-16-21-5-10(19)6-22-16/h1-3,5-6,13H,4,7-8H2,(H,21,22,23,25)/t13?,17-/m0/s1. The highest BCUT2D eigenvalue weighted by Gasteiger charge is 2.61. The van der Waals surface area contributed by atoms with Crippen molar-refractivity contribution in [3.05, 3.63) is 51.2 Å². The minimum absolute atomic E-state index is 0.0951. The van der Waals surface area contributed by atoms with Gasteiger partial charge in [0.25, 0.3) is 5.91 Å². The van der Waals surface area contributed by atoms with Crippen molar-refractivity contribution < 1.29 is 14.0 Å². The Morgan fingerprint density at radius 1 is 1.42 bits per heavy atom. The number of carbonyl (C=O) groups excluding carboxylic acids is 2. The van der Waals surface area contributed by atoms with E-state index in [0.717, 1.165) is 4.47 Å². The minimum Gasteiger partial charge on any atom is -0.328 e. The summed E-state index contributed by atoms with van der Waals surface area (Å²) in [5.74, 6) is -0.644. The Balaban J connectivity index is 1.54. The molecule has 1 saturated carbocycles. The molecule has 1 aromatic carbocycles. The minimum atomic E-state index is -1.02. The highest BCUT2D eigenvalue weighted by Crippen LogP contribution is 2.54. The second-order valence-corrected chi connectivity index (χ2v) is 7.80. The van der Waals surface area contributed by atoms with Crippen LogP contribution in [0.15, 0.2) is 35.1 Å². The van der Waals surface area contributed by atoms with Gasteiger partial charge in [-0.15, -0.1) is 0 Å². The van der Waals surface area contributed by atoms with Crippen molar-refractivity contribution in [2.24, 2.45) is 0 Å². The van der Waals surface area contributed by atoms with E-state index in [0.29, 0.717) is 22.6 Å². The summed E-state index contributed by atoms with van der Waals surface area (Å²) in [6.45, 7) is -0.0276. The fourth-order valence-corrected chi connectivity index (χ4v) is 3.79. The number of amides is 2. The van der Waals surface area contributed by atoms with Crippen molar-refractivity contribution >= 4 is 45.3 Å². The Hall–Kier alpha value is -2.06. The highest BCUT2D eigenvalue weighted by molar-refractivity contribution is 9.10. The van der Waals surface area contributed by atoms with E-state index >= 15 is 0 Å². The Bertz CT molecular complexity index is 910. The average molecular weight is 440 g/mol. The van der Waals surface area contributed by atoms with Crippen LogP contribution < -0.4 is 5.32 Å². The molecule has 2 aliphatic rings. The van der Waals surface area contributed by atoms with E-state index in [9.17, 15) is 14.0 Å². The van der Waals surface area contributed by atoms with Gasteiger partial charge in [0.2, 0.25) is 11.9 Å². The maximum absolute atomic E-state index is 14.2. The number of halogens is 3. The van der Waals surface area contributed by atoms with Gasteiger partial charge >= 0.3 is 0 Å². The summed E-state index contributed by atoms with van der Waals surface area (Å²) in [5.41, 5.74) is 0.432. The lowest BCUT2D eigenvalue weighted by molar-refractivity contribution is -0.117. The highest BCUT2D eigenvalue weighted by atomic mass is 79.9. The maximum Gasteiger partial charge on any atom is 0.254 e. The molecule has 6 nitrogen and oxygen atoms in total. The molecule has 134 valence electrons. The summed E-state index contributed by atoms with van der Waals surface area (Å²) in [4.78, 5) is 34.2. The smallest absolute Gasteiger partial charge is 0.254 e. The number of anilines is 1. The molecule has 1 spiro atoms. The van der Waals surface area contributed by atoms with Crippen LogP contribution in [0, 0.1) is 0 Å². The Morgan fingerprint density at radius 2 is 2.12 bits per heavy atom. The third-order valence-electron chi connectivity index (χ3n) is 4.70. The number of nitrogens with one attached hydrogen (secondary N) is 1. The first-order valence-electron chi connectivity index (χ1n) is 7.90. The van der Waals surface area contributed by atoms with E-state index in [2.05, 4.69) is 31.2 Å². The molecule has 26 heavy (non-hydrogen) atoms. The molecular formula is C17H13BrClFN4O2. The van der Waals surface area contributed by atoms with Crippen LogP contribution in [0.2, 0.25) is 5.02 Å². The zero-order valence-electron chi connectivity index (χ0n) is 13.4. The molecular weight excluding hydrogens is 427 g/mol. The summed E-state index contributed by atoms with van der Waals surface area (Å²) in [5, 5.41) is 2.86. The van der Waals surface area contributed by atoms with E-state index in [-0.39, 0.29) is 24.9 Å². The molecule has 4 rings (SSSR count). The average Bonchev–Trinajstić information content (AvgIpc) is 3.25. The largest absolute Gasteiger partial charge is 0.328 e. The zero-order valence-corrected chi connectivity index (χ0v) is 15.7. The van der Waals surface area contributed by atoms with E-state index in [4.69, 9.17) is 11.6 Å². The molecule has 9 heteroatoms. The monoisotopic (exact) mass is 438 g/mol. The van der Waals surface area contributed by atoms with Gasteiger partial charge in [-0.1, -0.05) is 27.5 Å². The maximum atomic E-state index is 14.2. The number of rotatable bonds is 3. The number of hydrogen-bond donors (Lipinski definition) is 1. The van der Waals surface area contributed by atoms with Gasteiger partial charge in [-0.05, 0) is 30.2 Å². The van der Waals surface area contributed by atoms with Crippen LogP contribution in [-0.4, -0.2) is 45.9 Å². The Kier molecular flexibility index (Phi) is 4.19. The van der Waals surface area contributed by atoms with E-state index < -0.39 is 17.5 Å². The first kappa shape index (κ1) is 17.4. The third-order valence-corrected chi connectivity index (χ3v) is 5.39. The molecule has 2 amide bonds. The fourth-order valence-electron chi connectivity index (χ4n) is 3.33. The molecule has 1 N–H and O–H groups in total. The molecule has 1 unspecified atom stereocenters. The van der Waals surface area contributed by atoms with Gasteiger partial charge in [-0.3, -0.25) is 14.9 Å². The molecule has 0 saturated heterocycles. The summed E-state index contributed by atoms with van der Waals surface area (Å²) >= 11 is 9.08. The molecule has 2 heterocycles. The Morgan fingerprint density at radius 3 is 2.77 bits per heavy atom. The molecule has 2 aromatic rings. The summed E-state index contributed by atoms with van der Waals surface area (Å²) < 4.78 is 15.0. The van der Waals surface area contributed by atoms with E-state index in [1.807, 2.05) is 0 Å². The molecule has 2 atom stereocenters. The zero-order chi connectivity index (χ0) is 18.5. The second-order valence-electron chi connectivity index (χ2n) is 6.45. The second kappa shape index (κ2) is 6.28. The van der Waals surface area contributed by atoms with Crippen molar-refractivity contribution in [1.82, 2.24) is 14.9 Å². The number of aromatic nitrogens is 2. The van der Waals surface area contributed by atoms with Gasteiger partial charge in [0.05, 0.1) is 17.4 Å². The van der Waals surface area contributed by atoms with Gasteiger partial charge in [-0.25, -0.2) is 14.4 Å². The van der Waals surface area contributed by atoms with Crippen molar-refractivity contribution in [3.63, 3.8) is 0 Å². The SMILES string of the molecule is O=C(CN1C[C@@]2(CC2F)c2cc(Br)ccc2C1=O)Nc1ncc(Cl)cn1. The quantitative estimate of drug-likeness (QED) is 0.798. The topological polar surface area (TPSA) is 75.2 Å². The van der Waals surface area contributed by atoms with Crippen LogP contribution in [0.4, 0.5) is 10.3 Å². The molecule has 0 radical (unpaired) electrons. The molecule has 1 aromatic heterocycles. The van der Waals surface area contributed by atoms with E-state index in [1.54, 1.807) is 18.2 Å². The van der Waals surface area contributed by atoms with Crippen LogP contribution in [0.3, 0.4) is 0 Å². The predicted molar refractivity (Wildman–Crippen MR) is 96.9 cm³/mol. The molecule has 0 bridgehead atoms. The van der Waals surface area contributed by atoms with Gasteiger partial charge in [0.1, 0.15) is 12.7 Å². The van der Waals surface area contributed by atoms with Crippen molar-refractivity contribution in [2.75, 3.05) is 18.4 Å². The van der Waals surface area contributed by atoms with Gasteiger partial charge < -0.3 is 4.90 Å². The number of hydrogen-bond acceptors (Lipinski definition) is 4.